The van der Waals surface area contributed by atoms with E-state index in [1.165, 1.54) is 0 Å². The number of benzene rings is 2. The molecule has 0 N–H and O–H groups in total. The first kappa shape index (κ1) is 23.7. The van der Waals surface area contributed by atoms with Crippen LogP contribution in [0.15, 0.2) is 35.3 Å². The Kier molecular flexibility index (Phi) is 5.83. The molecule has 1 fully saturated rings. The zero-order valence-corrected chi connectivity index (χ0v) is 21.7. The Hall–Kier alpha value is -2.99. The number of piperazine rings is 1. The van der Waals surface area contributed by atoms with Crippen LogP contribution in [-0.4, -0.2) is 60.7 Å². The number of anilines is 1. The highest BCUT2D eigenvalue weighted by atomic mass is 19.1. The van der Waals surface area contributed by atoms with Gasteiger partial charge in [0.1, 0.15) is 0 Å². The summed E-state index contributed by atoms with van der Waals surface area (Å²) >= 11 is 0. The molecule has 0 radical (unpaired) electrons. The summed E-state index contributed by atoms with van der Waals surface area (Å²) in [5.74, 6) is -0.195. The Balaban J connectivity index is 1.64. The molecule has 2 heterocycles. The molecular formula is C29H35FN4O. The molecule has 0 amide bonds. The van der Waals surface area contributed by atoms with Crippen molar-refractivity contribution in [2.45, 2.75) is 45.6 Å². The molecule has 1 aromatic heterocycles. The summed E-state index contributed by atoms with van der Waals surface area (Å²) in [5, 5.41) is 0.813. The van der Waals surface area contributed by atoms with E-state index < -0.39 is 5.41 Å². The predicted molar refractivity (Wildman–Crippen MR) is 142 cm³/mol. The summed E-state index contributed by atoms with van der Waals surface area (Å²) in [4.78, 5) is 22.4. The normalized spacial score (nSPS) is 18.4. The van der Waals surface area contributed by atoms with E-state index in [9.17, 15) is 4.79 Å². The smallest absolute Gasteiger partial charge is 0.167 e. The van der Waals surface area contributed by atoms with Gasteiger partial charge in [0.05, 0.1) is 5.52 Å². The maximum atomic E-state index is 15.5. The summed E-state index contributed by atoms with van der Waals surface area (Å²) in [6, 6.07) is 10.6. The third kappa shape index (κ3) is 3.70. The summed E-state index contributed by atoms with van der Waals surface area (Å²) in [6.45, 7) is 12.8. The molecule has 5 rings (SSSR count). The van der Waals surface area contributed by atoms with E-state index in [2.05, 4.69) is 54.6 Å². The lowest BCUT2D eigenvalue weighted by molar-refractivity contribution is 0.0993. The fourth-order valence-corrected chi connectivity index (χ4v) is 6.18. The monoisotopic (exact) mass is 474 g/mol. The molecule has 1 aliphatic carbocycles. The maximum Gasteiger partial charge on any atom is 0.167 e. The highest BCUT2D eigenvalue weighted by molar-refractivity contribution is 6.04. The van der Waals surface area contributed by atoms with Gasteiger partial charge in [-0.15, -0.1) is 0 Å². The molecule has 5 nitrogen and oxygen atoms in total. The summed E-state index contributed by atoms with van der Waals surface area (Å²) < 4.78 is 17.5. The van der Waals surface area contributed by atoms with Crippen LogP contribution in [0.2, 0.25) is 0 Å². The molecule has 184 valence electrons. The molecule has 35 heavy (non-hydrogen) atoms. The van der Waals surface area contributed by atoms with E-state index in [-0.39, 0.29) is 18.0 Å². The Bertz CT molecular complexity index is 1340. The quantitative estimate of drug-likeness (QED) is 0.504. The predicted octanol–water partition coefficient (Wildman–Crippen LogP) is 4.96. The van der Waals surface area contributed by atoms with Gasteiger partial charge in [-0.05, 0) is 49.2 Å². The topological polar surface area (TPSA) is 40.8 Å². The van der Waals surface area contributed by atoms with E-state index >= 15 is 4.39 Å². The van der Waals surface area contributed by atoms with Gasteiger partial charge in [-0.3, -0.25) is 14.7 Å². The highest BCUT2D eigenvalue weighted by Crippen LogP contribution is 2.44. The number of fused-ring (bicyclic) bond motifs is 4. The van der Waals surface area contributed by atoms with Crippen molar-refractivity contribution in [3.05, 3.63) is 64.1 Å². The maximum absolute atomic E-state index is 15.5. The first-order valence-electron chi connectivity index (χ1n) is 12.5. The first-order valence-corrected chi connectivity index (χ1v) is 12.5. The van der Waals surface area contributed by atoms with Gasteiger partial charge in [-0.2, -0.15) is 0 Å². The zero-order valence-electron chi connectivity index (χ0n) is 21.7. The van der Waals surface area contributed by atoms with Gasteiger partial charge in [-0.25, -0.2) is 4.39 Å². The number of ketones is 1. The molecule has 0 unspecified atom stereocenters. The first-order chi connectivity index (χ1) is 16.6. The minimum absolute atomic E-state index is 0.0927. The van der Waals surface area contributed by atoms with Gasteiger partial charge in [0.2, 0.25) is 0 Å². The van der Waals surface area contributed by atoms with Gasteiger partial charge in [0.25, 0.3) is 0 Å². The van der Waals surface area contributed by atoms with Crippen LogP contribution in [0.4, 0.5) is 10.1 Å². The van der Waals surface area contributed by atoms with Crippen LogP contribution < -0.4 is 4.90 Å². The molecule has 2 aromatic carbocycles. The molecule has 0 bridgehead atoms. The van der Waals surface area contributed by atoms with E-state index in [0.717, 1.165) is 59.6 Å². The van der Waals surface area contributed by atoms with Crippen LogP contribution in [-0.2, 0) is 18.9 Å². The van der Waals surface area contributed by atoms with Crippen molar-refractivity contribution in [1.82, 2.24) is 9.47 Å². The van der Waals surface area contributed by atoms with E-state index in [1.807, 2.05) is 23.7 Å². The molecule has 6 heteroatoms. The van der Waals surface area contributed by atoms with Gasteiger partial charge in [0.15, 0.2) is 11.6 Å². The Labute approximate surface area is 207 Å². The largest absolute Gasteiger partial charge is 0.369 e. The number of hydrogen-bond acceptors (Lipinski definition) is 4. The van der Waals surface area contributed by atoms with Crippen molar-refractivity contribution >= 4 is 28.6 Å². The zero-order chi connectivity index (χ0) is 25.1. The second-order valence-corrected chi connectivity index (χ2v) is 10.7. The van der Waals surface area contributed by atoms with Gasteiger partial charge < -0.3 is 9.47 Å². The van der Waals surface area contributed by atoms with Gasteiger partial charge >= 0.3 is 0 Å². The Morgan fingerprint density at radius 2 is 1.80 bits per heavy atom. The van der Waals surface area contributed by atoms with Gasteiger partial charge in [-0.1, -0.05) is 19.9 Å². The van der Waals surface area contributed by atoms with Crippen LogP contribution in [0.5, 0.6) is 0 Å². The molecule has 0 atom stereocenters. The number of nitrogens with zero attached hydrogens (tertiary/aromatic N) is 4. The fraction of sp³-hybridized carbons (Fsp3) is 0.448. The lowest BCUT2D eigenvalue weighted by Crippen LogP contribution is -2.49. The Morgan fingerprint density at radius 3 is 2.46 bits per heavy atom. The number of aryl methyl sites for hydroxylation is 1. The van der Waals surface area contributed by atoms with Crippen LogP contribution in [0, 0.1) is 5.82 Å². The second kappa shape index (κ2) is 8.59. The highest BCUT2D eigenvalue weighted by Gasteiger charge is 2.38. The molecule has 0 spiro atoms. The minimum atomic E-state index is -0.466. The number of carbonyl (C=O) groups excluding carboxylic acids is 1. The molecule has 2 aliphatic rings. The number of aromatic nitrogens is 1. The van der Waals surface area contributed by atoms with E-state index in [4.69, 9.17) is 0 Å². The lowest BCUT2D eigenvalue weighted by Gasteiger charge is -2.38. The van der Waals surface area contributed by atoms with Crippen molar-refractivity contribution < 1.29 is 9.18 Å². The number of carbonyl (C=O) groups is 1. The van der Waals surface area contributed by atoms with E-state index in [0.29, 0.717) is 17.1 Å². The van der Waals surface area contributed by atoms with Gasteiger partial charge in [0, 0.05) is 92.3 Å². The number of Topliss-reactive ketones (excluding diaryl/α,β-unsaturated/α-hetero) is 1. The molecule has 3 aromatic rings. The minimum Gasteiger partial charge on any atom is -0.369 e. The average molecular weight is 475 g/mol. The van der Waals surface area contributed by atoms with Crippen LogP contribution >= 0.6 is 0 Å². The standard InChI is InChI=1S/C29H35FN4O/c1-18(2)33-11-13-34(14-12-33)20-8-10-22-24(15-20)29(3,4)28-23(16-25(22)35)21-9-7-19(17-31-5)26(30)27(21)32(28)6/h7-10,15,17-18H,11-14,16H2,1-6H3/b31-17-. The Morgan fingerprint density at radius 1 is 1.09 bits per heavy atom. The van der Waals surface area contributed by atoms with Crippen LogP contribution in [0.1, 0.15) is 60.4 Å². The van der Waals surface area contributed by atoms with Crippen molar-refractivity contribution in [2.24, 2.45) is 12.0 Å². The molecular weight excluding hydrogens is 439 g/mol. The number of hydrogen-bond donors (Lipinski definition) is 0. The SMILES string of the molecule is C/N=C\c1ccc2c3c(n(C)c2c1F)C(C)(C)c1cc(N2CCN(C(C)C)CC2)ccc1C(=O)C3. The summed E-state index contributed by atoms with van der Waals surface area (Å²) in [6.07, 6.45) is 1.82. The molecule has 1 aliphatic heterocycles. The van der Waals surface area contributed by atoms with Crippen LogP contribution in [0.3, 0.4) is 0 Å². The second-order valence-electron chi connectivity index (χ2n) is 10.7. The number of rotatable bonds is 3. The third-order valence-corrected chi connectivity index (χ3v) is 8.01. The van der Waals surface area contributed by atoms with Crippen molar-refractivity contribution in [3.8, 4) is 0 Å². The fourth-order valence-electron chi connectivity index (χ4n) is 6.18. The summed E-state index contributed by atoms with van der Waals surface area (Å²) in [7, 11) is 3.56. The van der Waals surface area contributed by atoms with Crippen molar-refractivity contribution in [1.29, 1.82) is 0 Å². The van der Waals surface area contributed by atoms with Crippen molar-refractivity contribution in [2.75, 3.05) is 38.1 Å². The van der Waals surface area contributed by atoms with Crippen molar-refractivity contribution in [3.63, 3.8) is 0 Å². The average Bonchev–Trinajstić information content (AvgIpc) is 3.08. The third-order valence-electron chi connectivity index (χ3n) is 8.01. The molecule has 1 saturated heterocycles. The lowest BCUT2D eigenvalue weighted by atomic mass is 9.78. The van der Waals surface area contributed by atoms with E-state index in [1.54, 1.807) is 19.3 Å². The number of halogens is 1. The molecule has 0 saturated carbocycles. The van der Waals surface area contributed by atoms with Crippen LogP contribution in [0.25, 0.3) is 10.9 Å². The summed E-state index contributed by atoms with van der Waals surface area (Å²) in [5.41, 5.74) is 5.42. The number of aliphatic imine (C=N–C) groups is 1.